The molecular formula is C15H15Cl2N3O2. The number of imidazole rings is 1. The van der Waals surface area contributed by atoms with Gasteiger partial charge >= 0.3 is 6.03 Å². The molecule has 0 aliphatic carbocycles. The van der Waals surface area contributed by atoms with Gasteiger partial charge in [0.25, 0.3) is 0 Å². The second-order valence-electron chi connectivity index (χ2n) is 5.76. The number of ether oxygens (including phenoxy) is 1. The number of amides is 1. The van der Waals surface area contributed by atoms with Crippen LogP contribution in [0.2, 0.25) is 10.2 Å². The monoisotopic (exact) mass is 339 g/mol. The number of benzene rings is 1. The highest BCUT2D eigenvalue weighted by Gasteiger charge is 2.38. The largest absolute Gasteiger partial charge is 0.359 e. The number of rotatable bonds is 1. The molecule has 0 saturated carbocycles. The van der Waals surface area contributed by atoms with E-state index >= 15 is 0 Å². The van der Waals surface area contributed by atoms with Gasteiger partial charge in [-0.25, -0.2) is 14.3 Å². The smallest absolute Gasteiger partial charge is 0.332 e. The average Bonchev–Trinajstić information content (AvgIpc) is 3.02. The van der Waals surface area contributed by atoms with Crippen molar-refractivity contribution < 1.29 is 9.53 Å². The van der Waals surface area contributed by atoms with E-state index in [9.17, 15) is 4.79 Å². The molecular weight excluding hydrogens is 325 g/mol. The standard InChI is InChI=1S/C15H15Cl2N3O2/c1-15(2)7-22-9-20(15)14(21)19-8-18-12(13(19)17)10-3-5-11(16)6-4-10/h3-6,8H,7,9H2,1-2H3. The van der Waals surface area contributed by atoms with Crippen LogP contribution in [0.15, 0.2) is 30.6 Å². The molecule has 7 heteroatoms. The number of carbonyl (C=O) groups is 1. The minimum absolute atomic E-state index is 0.247. The van der Waals surface area contributed by atoms with E-state index in [1.54, 1.807) is 17.0 Å². The third-order valence-electron chi connectivity index (χ3n) is 3.67. The summed E-state index contributed by atoms with van der Waals surface area (Å²) >= 11 is 12.2. The van der Waals surface area contributed by atoms with Gasteiger partial charge in [0.15, 0.2) is 0 Å². The van der Waals surface area contributed by atoms with Crippen molar-refractivity contribution in [1.29, 1.82) is 0 Å². The Morgan fingerprint density at radius 1 is 1.27 bits per heavy atom. The van der Waals surface area contributed by atoms with Crippen molar-refractivity contribution in [2.45, 2.75) is 19.4 Å². The quantitative estimate of drug-likeness (QED) is 0.791. The van der Waals surface area contributed by atoms with Crippen LogP contribution in [0, 0.1) is 0 Å². The number of aromatic nitrogens is 2. The summed E-state index contributed by atoms with van der Waals surface area (Å²) < 4.78 is 6.71. The summed E-state index contributed by atoms with van der Waals surface area (Å²) in [6, 6.07) is 6.89. The van der Waals surface area contributed by atoms with Gasteiger partial charge in [-0.1, -0.05) is 35.3 Å². The number of carbonyl (C=O) groups excluding carboxylic acids is 1. The molecule has 1 amide bonds. The molecule has 5 nitrogen and oxygen atoms in total. The van der Waals surface area contributed by atoms with Crippen molar-refractivity contribution in [3.8, 4) is 11.3 Å². The van der Waals surface area contributed by atoms with Crippen molar-refractivity contribution in [3.05, 3.63) is 40.8 Å². The third-order valence-corrected chi connectivity index (χ3v) is 4.28. The summed E-state index contributed by atoms with van der Waals surface area (Å²) in [6.07, 6.45) is 1.43. The summed E-state index contributed by atoms with van der Waals surface area (Å²) in [5.74, 6) is 0. The minimum Gasteiger partial charge on any atom is -0.359 e. The highest BCUT2D eigenvalue weighted by Crippen LogP contribution is 2.29. The van der Waals surface area contributed by atoms with Crippen molar-refractivity contribution in [2.24, 2.45) is 0 Å². The van der Waals surface area contributed by atoms with E-state index in [0.29, 0.717) is 17.3 Å². The lowest BCUT2D eigenvalue weighted by Gasteiger charge is -2.28. The predicted molar refractivity (Wildman–Crippen MR) is 85.2 cm³/mol. The van der Waals surface area contributed by atoms with Crippen LogP contribution in [-0.4, -0.2) is 39.4 Å². The fourth-order valence-corrected chi connectivity index (χ4v) is 2.75. The molecule has 0 unspecified atom stereocenters. The first-order chi connectivity index (χ1) is 10.4. The summed E-state index contributed by atoms with van der Waals surface area (Å²) in [6.45, 7) is 4.64. The zero-order chi connectivity index (χ0) is 15.9. The van der Waals surface area contributed by atoms with E-state index in [-0.39, 0.29) is 23.5 Å². The molecule has 0 bridgehead atoms. The first kappa shape index (κ1) is 15.3. The number of halogens is 2. The lowest BCUT2D eigenvalue weighted by atomic mass is 10.1. The molecule has 0 N–H and O–H groups in total. The van der Waals surface area contributed by atoms with Gasteiger partial charge in [-0.2, -0.15) is 0 Å². The zero-order valence-electron chi connectivity index (χ0n) is 12.2. The molecule has 0 radical (unpaired) electrons. The molecule has 0 spiro atoms. The minimum atomic E-state index is -0.370. The molecule has 1 fully saturated rings. The maximum absolute atomic E-state index is 12.6. The molecule has 1 aliphatic heterocycles. The Balaban J connectivity index is 1.93. The van der Waals surface area contributed by atoms with E-state index in [1.165, 1.54) is 10.9 Å². The Morgan fingerprint density at radius 2 is 1.95 bits per heavy atom. The molecule has 0 atom stereocenters. The van der Waals surface area contributed by atoms with E-state index in [4.69, 9.17) is 27.9 Å². The van der Waals surface area contributed by atoms with Crippen molar-refractivity contribution in [2.75, 3.05) is 13.3 Å². The molecule has 1 aliphatic rings. The van der Waals surface area contributed by atoms with E-state index in [1.807, 2.05) is 26.0 Å². The van der Waals surface area contributed by atoms with Gasteiger partial charge in [0.1, 0.15) is 23.9 Å². The number of hydrogen-bond donors (Lipinski definition) is 0. The third kappa shape index (κ3) is 2.60. The molecule has 1 saturated heterocycles. The van der Waals surface area contributed by atoms with E-state index < -0.39 is 0 Å². The predicted octanol–water partition coefficient (Wildman–Crippen LogP) is 3.89. The summed E-state index contributed by atoms with van der Waals surface area (Å²) in [5, 5.41) is 0.904. The van der Waals surface area contributed by atoms with Crippen LogP contribution in [-0.2, 0) is 4.74 Å². The summed E-state index contributed by atoms with van der Waals surface area (Å²) in [5.41, 5.74) is 0.980. The van der Waals surface area contributed by atoms with Crippen LogP contribution in [0.25, 0.3) is 11.3 Å². The molecule has 116 valence electrons. The first-order valence-corrected chi connectivity index (χ1v) is 7.54. The lowest BCUT2D eigenvalue weighted by molar-refractivity contribution is 0.140. The van der Waals surface area contributed by atoms with Gasteiger partial charge in [-0.3, -0.25) is 4.90 Å². The van der Waals surface area contributed by atoms with Gasteiger partial charge in [-0.15, -0.1) is 0 Å². The van der Waals surface area contributed by atoms with Crippen LogP contribution in [0.3, 0.4) is 0 Å². The van der Waals surface area contributed by atoms with Crippen LogP contribution in [0.5, 0.6) is 0 Å². The van der Waals surface area contributed by atoms with Gasteiger partial charge in [0, 0.05) is 10.6 Å². The van der Waals surface area contributed by atoms with E-state index in [0.717, 1.165) is 5.56 Å². The number of nitrogens with zero attached hydrogens (tertiary/aromatic N) is 3. The molecule has 3 rings (SSSR count). The normalized spacial score (nSPS) is 17.0. The second-order valence-corrected chi connectivity index (χ2v) is 6.56. The van der Waals surface area contributed by atoms with Gasteiger partial charge in [0.05, 0.1) is 12.1 Å². The van der Waals surface area contributed by atoms with Gasteiger partial charge in [0.2, 0.25) is 0 Å². The summed E-state index contributed by atoms with van der Waals surface area (Å²) in [4.78, 5) is 18.5. The highest BCUT2D eigenvalue weighted by atomic mass is 35.5. The van der Waals surface area contributed by atoms with Crippen molar-refractivity contribution >= 4 is 29.2 Å². The zero-order valence-corrected chi connectivity index (χ0v) is 13.7. The Hall–Kier alpha value is -1.56. The fourth-order valence-electron chi connectivity index (χ4n) is 2.35. The maximum Gasteiger partial charge on any atom is 0.332 e. The van der Waals surface area contributed by atoms with Gasteiger partial charge < -0.3 is 4.74 Å². The summed E-state index contributed by atoms with van der Waals surface area (Å²) in [7, 11) is 0. The molecule has 22 heavy (non-hydrogen) atoms. The Morgan fingerprint density at radius 3 is 2.55 bits per heavy atom. The topological polar surface area (TPSA) is 47.4 Å². The van der Waals surface area contributed by atoms with Crippen LogP contribution in [0.4, 0.5) is 4.79 Å². The molecule has 2 aromatic rings. The SMILES string of the molecule is CC1(C)COCN1C(=O)n1cnc(-c2ccc(Cl)cc2)c1Cl. The Labute approximate surface area is 138 Å². The Bertz CT molecular complexity index is 710. The maximum atomic E-state index is 12.6. The van der Waals surface area contributed by atoms with Crippen molar-refractivity contribution in [3.63, 3.8) is 0 Å². The van der Waals surface area contributed by atoms with E-state index in [2.05, 4.69) is 4.98 Å². The van der Waals surface area contributed by atoms with Gasteiger partial charge in [-0.05, 0) is 26.0 Å². The molecule has 1 aromatic heterocycles. The molecule has 1 aromatic carbocycles. The first-order valence-electron chi connectivity index (χ1n) is 6.79. The molecule has 2 heterocycles. The fraction of sp³-hybridized carbons (Fsp3) is 0.333. The van der Waals surface area contributed by atoms with Crippen LogP contribution >= 0.6 is 23.2 Å². The average molecular weight is 340 g/mol. The van der Waals surface area contributed by atoms with Crippen LogP contribution < -0.4 is 0 Å². The second kappa shape index (κ2) is 5.57. The Kier molecular flexibility index (Phi) is 3.89. The number of hydrogen-bond acceptors (Lipinski definition) is 3. The lowest BCUT2D eigenvalue weighted by Crippen LogP contribution is -2.46. The van der Waals surface area contributed by atoms with Crippen LogP contribution in [0.1, 0.15) is 13.8 Å². The highest BCUT2D eigenvalue weighted by molar-refractivity contribution is 6.33. The van der Waals surface area contributed by atoms with Crippen molar-refractivity contribution in [1.82, 2.24) is 14.5 Å².